The van der Waals surface area contributed by atoms with Gasteiger partial charge in [0.2, 0.25) is 0 Å². The molecule has 0 radical (unpaired) electrons. The van der Waals surface area contributed by atoms with Gasteiger partial charge in [-0.15, -0.1) is 0 Å². The number of esters is 4. The molecule has 8 nitrogen and oxygen atoms in total. The van der Waals surface area contributed by atoms with Crippen LogP contribution in [-0.2, 0) is 38.1 Å². The molecule has 0 N–H and O–H groups in total. The van der Waals surface area contributed by atoms with Crippen LogP contribution in [-0.4, -0.2) is 68.3 Å². The molecular formula is C16H30O8Si2. The molecule has 0 rings (SSSR count). The summed E-state index contributed by atoms with van der Waals surface area (Å²) in [5.74, 6) is -1.53. The zero-order valence-electron chi connectivity index (χ0n) is 16.1. The van der Waals surface area contributed by atoms with Gasteiger partial charge in [-0.1, -0.05) is 12.1 Å². The lowest BCUT2D eigenvalue weighted by atomic mass is 10.4. The van der Waals surface area contributed by atoms with Crippen molar-refractivity contribution in [2.24, 2.45) is 0 Å². The molecule has 2 unspecified atom stereocenters. The lowest BCUT2D eigenvalue weighted by Crippen LogP contribution is -2.25. The summed E-state index contributed by atoms with van der Waals surface area (Å²) in [6.07, 6.45) is -0.718. The third-order valence-corrected chi connectivity index (χ3v) is 8.52. The van der Waals surface area contributed by atoms with E-state index < -0.39 is 19.0 Å². The minimum atomic E-state index is -0.442. The minimum Gasteiger partial charge on any atom is -0.462 e. The van der Waals surface area contributed by atoms with Crippen LogP contribution in [0.25, 0.3) is 0 Å². The highest BCUT2D eigenvalue weighted by atomic mass is 28.2. The predicted molar refractivity (Wildman–Crippen MR) is 101 cm³/mol. The Hall–Kier alpha value is -1.69. The number of carbonyl (C=O) groups excluding carboxylic acids is 4. The topological polar surface area (TPSA) is 105 Å². The number of carbonyl (C=O) groups is 4. The van der Waals surface area contributed by atoms with E-state index in [-0.39, 0.29) is 49.3 Å². The molecule has 0 saturated carbocycles. The number of rotatable bonds is 13. The molecule has 0 spiro atoms. The zero-order chi connectivity index (χ0) is 19.9. The van der Waals surface area contributed by atoms with Gasteiger partial charge >= 0.3 is 23.9 Å². The van der Waals surface area contributed by atoms with Crippen LogP contribution < -0.4 is 0 Å². The first kappa shape index (κ1) is 24.3. The minimum absolute atomic E-state index is 0.107. The standard InChI is InChI=1S/C16H30O8Si2/c1-11(17)21-7-15(23-13(3)19)9-25-5-6-26-10-16(24-14(4)20)8-22-12(2)18/h15-16H,5-10,25-26H2,1-4H3. The Labute approximate surface area is 158 Å². The highest BCUT2D eigenvalue weighted by molar-refractivity contribution is 6.42. The van der Waals surface area contributed by atoms with Crippen LogP contribution in [0, 0.1) is 0 Å². The first-order valence-electron chi connectivity index (χ1n) is 8.81. The fraction of sp³-hybridized carbons (Fsp3) is 0.750. The summed E-state index contributed by atoms with van der Waals surface area (Å²) in [5, 5.41) is 0. The summed E-state index contributed by atoms with van der Waals surface area (Å²) in [7, 11) is -0.884. The maximum Gasteiger partial charge on any atom is 0.303 e. The first-order valence-corrected chi connectivity index (χ1v) is 12.8. The third kappa shape index (κ3) is 15.8. The fourth-order valence-corrected chi connectivity index (χ4v) is 7.23. The molecule has 0 aliphatic heterocycles. The molecule has 0 fully saturated rings. The molecule has 0 amide bonds. The van der Waals surface area contributed by atoms with E-state index in [0.717, 1.165) is 24.2 Å². The maximum absolute atomic E-state index is 11.1. The fourth-order valence-electron chi connectivity index (χ4n) is 2.34. The van der Waals surface area contributed by atoms with Gasteiger partial charge in [0, 0.05) is 46.7 Å². The lowest BCUT2D eigenvalue weighted by molar-refractivity contribution is -0.155. The van der Waals surface area contributed by atoms with Crippen LogP contribution >= 0.6 is 0 Å². The first-order chi connectivity index (χ1) is 12.2. The Morgan fingerprint density at radius 1 is 0.654 bits per heavy atom. The van der Waals surface area contributed by atoms with E-state index in [4.69, 9.17) is 18.9 Å². The molecule has 0 saturated heterocycles. The van der Waals surface area contributed by atoms with E-state index in [2.05, 4.69) is 0 Å². The van der Waals surface area contributed by atoms with Gasteiger partial charge in [0.15, 0.2) is 0 Å². The van der Waals surface area contributed by atoms with Crippen molar-refractivity contribution >= 4 is 42.9 Å². The van der Waals surface area contributed by atoms with Crippen molar-refractivity contribution in [3.63, 3.8) is 0 Å². The normalized spacial score (nSPS) is 13.5. The van der Waals surface area contributed by atoms with Crippen LogP contribution in [0.15, 0.2) is 0 Å². The number of hydrogen-bond acceptors (Lipinski definition) is 8. The summed E-state index contributed by atoms with van der Waals surface area (Å²) in [4.78, 5) is 43.9. The Bertz CT molecular complexity index is 427. The van der Waals surface area contributed by atoms with E-state index in [1.165, 1.54) is 27.7 Å². The van der Waals surface area contributed by atoms with Crippen LogP contribution in [0.5, 0.6) is 0 Å². The van der Waals surface area contributed by atoms with Gasteiger partial charge in [-0.2, -0.15) is 0 Å². The van der Waals surface area contributed by atoms with Crippen molar-refractivity contribution in [1.29, 1.82) is 0 Å². The van der Waals surface area contributed by atoms with Gasteiger partial charge in [0.1, 0.15) is 25.4 Å². The molecule has 0 aromatic carbocycles. The van der Waals surface area contributed by atoms with Crippen molar-refractivity contribution in [3.8, 4) is 0 Å². The van der Waals surface area contributed by atoms with Crippen LogP contribution in [0.2, 0.25) is 24.2 Å². The van der Waals surface area contributed by atoms with Crippen LogP contribution in [0.1, 0.15) is 27.7 Å². The molecule has 26 heavy (non-hydrogen) atoms. The molecule has 10 heteroatoms. The van der Waals surface area contributed by atoms with Crippen molar-refractivity contribution in [2.75, 3.05) is 13.2 Å². The number of hydrogen-bond donors (Lipinski definition) is 0. The Morgan fingerprint density at radius 2 is 1.00 bits per heavy atom. The van der Waals surface area contributed by atoms with Crippen molar-refractivity contribution in [1.82, 2.24) is 0 Å². The van der Waals surface area contributed by atoms with Gasteiger partial charge in [0.25, 0.3) is 0 Å². The molecule has 0 heterocycles. The van der Waals surface area contributed by atoms with Crippen molar-refractivity contribution < 1.29 is 38.1 Å². The van der Waals surface area contributed by atoms with E-state index in [1.807, 2.05) is 0 Å². The average molecular weight is 407 g/mol. The van der Waals surface area contributed by atoms with Crippen molar-refractivity contribution in [3.05, 3.63) is 0 Å². The van der Waals surface area contributed by atoms with E-state index in [0.29, 0.717) is 0 Å². The van der Waals surface area contributed by atoms with E-state index in [9.17, 15) is 19.2 Å². The highest BCUT2D eigenvalue weighted by Crippen LogP contribution is 2.07. The van der Waals surface area contributed by atoms with Crippen LogP contribution in [0.3, 0.4) is 0 Å². The molecule has 0 aromatic heterocycles. The third-order valence-electron chi connectivity index (χ3n) is 3.41. The monoisotopic (exact) mass is 406 g/mol. The predicted octanol–water partition coefficient (Wildman–Crippen LogP) is -0.0132. The second kappa shape index (κ2) is 14.5. The Kier molecular flexibility index (Phi) is 13.5. The second-order valence-electron chi connectivity index (χ2n) is 6.06. The summed E-state index contributed by atoms with van der Waals surface area (Å²) < 4.78 is 20.2. The van der Waals surface area contributed by atoms with Gasteiger partial charge in [-0.05, 0) is 12.1 Å². The largest absolute Gasteiger partial charge is 0.462 e. The molecule has 0 aliphatic carbocycles. The summed E-state index contributed by atoms with van der Waals surface area (Å²) in [5.41, 5.74) is 0. The lowest BCUT2D eigenvalue weighted by Gasteiger charge is -2.17. The van der Waals surface area contributed by atoms with Gasteiger partial charge in [-0.25, -0.2) is 0 Å². The Balaban J connectivity index is 4.03. The second-order valence-corrected chi connectivity index (χ2v) is 10.0. The molecule has 0 aliphatic rings. The van der Waals surface area contributed by atoms with Gasteiger partial charge in [0.05, 0.1) is 0 Å². The average Bonchev–Trinajstić information content (AvgIpc) is 2.51. The van der Waals surface area contributed by atoms with Gasteiger partial charge < -0.3 is 18.9 Å². The summed E-state index contributed by atoms with van der Waals surface area (Å²) >= 11 is 0. The van der Waals surface area contributed by atoms with Gasteiger partial charge in [-0.3, -0.25) is 19.2 Å². The quantitative estimate of drug-likeness (QED) is 0.182. The van der Waals surface area contributed by atoms with E-state index >= 15 is 0 Å². The Morgan fingerprint density at radius 3 is 1.27 bits per heavy atom. The van der Waals surface area contributed by atoms with Crippen LogP contribution in [0.4, 0.5) is 0 Å². The zero-order valence-corrected chi connectivity index (χ0v) is 18.9. The molecule has 2 atom stereocenters. The molecule has 0 bridgehead atoms. The molecule has 0 aromatic rings. The van der Waals surface area contributed by atoms with E-state index in [1.54, 1.807) is 0 Å². The number of ether oxygens (including phenoxy) is 4. The maximum atomic E-state index is 11.1. The highest BCUT2D eigenvalue weighted by Gasteiger charge is 2.15. The summed E-state index contributed by atoms with van der Waals surface area (Å²) in [6, 6.07) is 3.71. The molecular weight excluding hydrogens is 376 g/mol. The smallest absolute Gasteiger partial charge is 0.303 e. The SMILES string of the molecule is CC(=O)OCC(C[SiH2]CC[SiH2]CC(COC(C)=O)OC(C)=O)OC(C)=O. The summed E-state index contributed by atoms with van der Waals surface area (Å²) in [6.45, 7) is 5.54. The molecule has 150 valence electrons. The van der Waals surface area contributed by atoms with Crippen molar-refractivity contribution in [2.45, 2.75) is 64.1 Å².